The van der Waals surface area contributed by atoms with E-state index in [1.165, 1.54) is 39.1 Å². The molecule has 3 aliphatic rings. The van der Waals surface area contributed by atoms with Gasteiger partial charge in [-0.1, -0.05) is 0 Å². The van der Waals surface area contributed by atoms with Gasteiger partial charge in [0, 0.05) is 50.3 Å². The van der Waals surface area contributed by atoms with E-state index in [4.69, 9.17) is 0 Å². The van der Waals surface area contributed by atoms with E-state index >= 15 is 0 Å². The molecule has 0 aromatic heterocycles. The van der Waals surface area contributed by atoms with Crippen LogP contribution >= 0.6 is 0 Å². The quantitative estimate of drug-likeness (QED) is 0.746. The Morgan fingerprint density at radius 2 is 1.88 bits per heavy atom. The van der Waals surface area contributed by atoms with Crippen LogP contribution in [0, 0.1) is 5.92 Å². The van der Waals surface area contributed by atoms with E-state index in [-0.39, 0.29) is 0 Å². The van der Waals surface area contributed by atoms with Gasteiger partial charge in [-0.15, -0.1) is 0 Å². The molecule has 3 rings (SSSR count). The van der Waals surface area contributed by atoms with Crippen molar-refractivity contribution in [2.24, 2.45) is 5.92 Å². The van der Waals surface area contributed by atoms with Crippen molar-refractivity contribution in [3.8, 4) is 0 Å². The van der Waals surface area contributed by atoms with Crippen LogP contribution in [0.4, 0.5) is 0 Å². The fourth-order valence-corrected chi connectivity index (χ4v) is 3.60. The highest BCUT2D eigenvalue weighted by Crippen LogP contribution is 2.35. The standard InChI is InChI=1S/C13H25N3/c1-13(2,3)16-9-11-4-12(16)8-15(11)7-10-5-14-6-10/h10-12,14H,4-9H2,1-3H3/t11-,12-/m1/s1. The molecule has 2 atom stereocenters. The third-order valence-corrected chi connectivity index (χ3v) is 4.57. The Morgan fingerprint density at radius 1 is 1.12 bits per heavy atom. The highest BCUT2D eigenvalue weighted by atomic mass is 15.4. The second-order valence-corrected chi connectivity index (χ2v) is 6.84. The first-order valence-corrected chi connectivity index (χ1v) is 6.75. The summed E-state index contributed by atoms with van der Waals surface area (Å²) in [5, 5.41) is 3.38. The van der Waals surface area contributed by atoms with Gasteiger partial charge in [0.1, 0.15) is 0 Å². The van der Waals surface area contributed by atoms with Gasteiger partial charge in [0.15, 0.2) is 0 Å². The molecule has 3 heteroatoms. The van der Waals surface area contributed by atoms with Crippen molar-refractivity contribution in [3.05, 3.63) is 0 Å². The highest BCUT2D eigenvalue weighted by Gasteiger charge is 2.47. The average Bonchev–Trinajstić information content (AvgIpc) is 2.67. The van der Waals surface area contributed by atoms with Crippen LogP contribution in [0.1, 0.15) is 27.2 Å². The zero-order valence-corrected chi connectivity index (χ0v) is 10.9. The number of likely N-dealkylation sites (tertiary alicyclic amines) is 2. The van der Waals surface area contributed by atoms with E-state index < -0.39 is 0 Å². The van der Waals surface area contributed by atoms with Crippen LogP contribution in [0.25, 0.3) is 0 Å². The molecule has 1 N–H and O–H groups in total. The minimum atomic E-state index is 0.365. The summed E-state index contributed by atoms with van der Waals surface area (Å²) < 4.78 is 0. The second-order valence-electron chi connectivity index (χ2n) is 6.84. The van der Waals surface area contributed by atoms with Crippen LogP contribution in [0.5, 0.6) is 0 Å². The van der Waals surface area contributed by atoms with Crippen molar-refractivity contribution < 1.29 is 0 Å². The van der Waals surface area contributed by atoms with Crippen molar-refractivity contribution in [1.29, 1.82) is 0 Å². The lowest BCUT2D eigenvalue weighted by atomic mass is 10.0. The fourth-order valence-electron chi connectivity index (χ4n) is 3.60. The first-order valence-electron chi connectivity index (χ1n) is 6.75. The van der Waals surface area contributed by atoms with Crippen LogP contribution in [-0.4, -0.2) is 60.1 Å². The minimum Gasteiger partial charge on any atom is -0.316 e. The SMILES string of the molecule is CC(C)(C)N1C[C@H]2C[C@@H]1CN2CC1CNC1. The van der Waals surface area contributed by atoms with Crippen molar-refractivity contribution in [3.63, 3.8) is 0 Å². The molecule has 3 nitrogen and oxygen atoms in total. The third-order valence-electron chi connectivity index (χ3n) is 4.57. The Morgan fingerprint density at radius 3 is 2.31 bits per heavy atom. The van der Waals surface area contributed by atoms with E-state index in [1.54, 1.807) is 0 Å². The van der Waals surface area contributed by atoms with E-state index in [1.807, 2.05) is 0 Å². The number of piperazine rings is 1. The van der Waals surface area contributed by atoms with Gasteiger partial charge in [0.2, 0.25) is 0 Å². The Hall–Kier alpha value is -0.120. The number of hydrogen-bond acceptors (Lipinski definition) is 3. The normalized spacial score (nSPS) is 36.9. The molecule has 0 saturated carbocycles. The number of nitrogens with one attached hydrogen (secondary N) is 1. The van der Waals surface area contributed by atoms with Gasteiger partial charge in [-0.25, -0.2) is 0 Å². The molecule has 0 spiro atoms. The van der Waals surface area contributed by atoms with Crippen molar-refractivity contribution >= 4 is 0 Å². The van der Waals surface area contributed by atoms with Crippen LogP contribution in [0.3, 0.4) is 0 Å². The highest BCUT2D eigenvalue weighted by molar-refractivity contribution is 5.03. The van der Waals surface area contributed by atoms with E-state index in [0.29, 0.717) is 5.54 Å². The van der Waals surface area contributed by atoms with Gasteiger partial charge >= 0.3 is 0 Å². The van der Waals surface area contributed by atoms with Gasteiger partial charge in [0.25, 0.3) is 0 Å². The molecule has 3 fully saturated rings. The lowest BCUT2D eigenvalue weighted by Gasteiger charge is -2.43. The number of nitrogens with zero attached hydrogens (tertiary/aromatic N) is 2. The van der Waals surface area contributed by atoms with E-state index in [9.17, 15) is 0 Å². The van der Waals surface area contributed by atoms with Gasteiger partial charge < -0.3 is 5.32 Å². The molecule has 0 aromatic carbocycles. The summed E-state index contributed by atoms with van der Waals surface area (Å²) in [6, 6.07) is 1.68. The van der Waals surface area contributed by atoms with Gasteiger partial charge in [-0.05, 0) is 33.1 Å². The maximum absolute atomic E-state index is 3.38. The zero-order chi connectivity index (χ0) is 11.3. The van der Waals surface area contributed by atoms with Crippen molar-refractivity contribution in [2.45, 2.75) is 44.8 Å². The molecule has 92 valence electrons. The molecular formula is C13H25N3. The van der Waals surface area contributed by atoms with Crippen molar-refractivity contribution in [1.82, 2.24) is 15.1 Å². The Balaban J connectivity index is 1.58. The Kier molecular flexibility index (Phi) is 2.54. The van der Waals surface area contributed by atoms with Gasteiger partial charge in [-0.3, -0.25) is 9.80 Å². The van der Waals surface area contributed by atoms with Crippen LogP contribution < -0.4 is 5.32 Å². The lowest BCUT2D eigenvalue weighted by Crippen LogP contribution is -2.56. The molecular weight excluding hydrogens is 198 g/mol. The summed E-state index contributed by atoms with van der Waals surface area (Å²) in [4.78, 5) is 5.46. The van der Waals surface area contributed by atoms with E-state index in [2.05, 4.69) is 35.9 Å². The average molecular weight is 223 g/mol. The summed E-state index contributed by atoms with van der Waals surface area (Å²) in [7, 11) is 0. The fraction of sp³-hybridized carbons (Fsp3) is 1.00. The number of fused-ring (bicyclic) bond motifs is 2. The Bertz CT molecular complexity index is 267. The molecule has 3 heterocycles. The molecule has 0 aromatic rings. The monoisotopic (exact) mass is 223 g/mol. The first-order chi connectivity index (χ1) is 7.54. The van der Waals surface area contributed by atoms with Crippen molar-refractivity contribution in [2.75, 3.05) is 32.7 Å². The maximum Gasteiger partial charge on any atom is 0.0244 e. The second kappa shape index (κ2) is 3.69. The molecule has 3 saturated heterocycles. The number of hydrogen-bond donors (Lipinski definition) is 1. The molecule has 0 amide bonds. The maximum atomic E-state index is 3.38. The predicted octanol–water partition coefficient (Wildman–Crippen LogP) is 0.763. The topological polar surface area (TPSA) is 18.5 Å². The molecule has 3 aliphatic heterocycles. The first kappa shape index (κ1) is 11.0. The number of rotatable bonds is 2. The largest absolute Gasteiger partial charge is 0.316 e. The van der Waals surface area contributed by atoms with E-state index in [0.717, 1.165) is 18.0 Å². The molecule has 0 radical (unpaired) electrons. The molecule has 16 heavy (non-hydrogen) atoms. The van der Waals surface area contributed by atoms with Gasteiger partial charge in [0.05, 0.1) is 0 Å². The molecule has 0 unspecified atom stereocenters. The zero-order valence-electron chi connectivity index (χ0n) is 10.9. The summed E-state index contributed by atoms with van der Waals surface area (Å²) in [6.07, 6.45) is 1.41. The molecule has 0 aliphatic carbocycles. The summed E-state index contributed by atoms with van der Waals surface area (Å²) in [5.41, 5.74) is 0.365. The predicted molar refractivity (Wildman–Crippen MR) is 66.6 cm³/mol. The molecule has 2 bridgehead atoms. The summed E-state index contributed by atoms with van der Waals surface area (Å²) >= 11 is 0. The Labute approximate surface area is 99.2 Å². The van der Waals surface area contributed by atoms with Crippen LogP contribution in [0.15, 0.2) is 0 Å². The summed E-state index contributed by atoms with van der Waals surface area (Å²) in [6.45, 7) is 13.5. The lowest BCUT2D eigenvalue weighted by molar-refractivity contribution is 0.0469. The van der Waals surface area contributed by atoms with Gasteiger partial charge in [-0.2, -0.15) is 0 Å². The third kappa shape index (κ3) is 1.79. The van der Waals surface area contributed by atoms with Crippen LogP contribution in [-0.2, 0) is 0 Å². The minimum absolute atomic E-state index is 0.365. The van der Waals surface area contributed by atoms with Crippen LogP contribution in [0.2, 0.25) is 0 Å². The summed E-state index contributed by atoms with van der Waals surface area (Å²) in [5.74, 6) is 0.933. The smallest absolute Gasteiger partial charge is 0.0244 e.